The van der Waals surface area contributed by atoms with Gasteiger partial charge in [0, 0.05) is 44.0 Å². The Bertz CT molecular complexity index is 426. The second-order valence-corrected chi connectivity index (χ2v) is 5.59. The second kappa shape index (κ2) is 8.95. The molecule has 0 aromatic carbocycles. The topological polar surface area (TPSA) is 37.4 Å². The fourth-order valence-electron chi connectivity index (χ4n) is 2.07. The van der Waals surface area contributed by atoms with Gasteiger partial charge in [0.15, 0.2) is 11.6 Å². The molecule has 0 bridgehead atoms. The Hall–Kier alpha value is -1.20. The molecule has 1 aromatic heterocycles. The van der Waals surface area contributed by atoms with E-state index in [1.54, 1.807) is 19.4 Å². The van der Waals surface area contributed by atoms with Crippen LogP contribution in [0.3, 0.4) is 0 Å². The third kappa shape index (κ3) is 5.25. The smallest absolute Gasteiger partial charge is 0.170 e. The lowest BCUT2D eigenvalue weighted by atomic mass is 10.2. The van der Waals surface area contributed by atoms with Crippen LogP contribution in [0.15, 0.2) is 12.3 Å². The van der Waals surface area contributed by atoms with Gasteiger partial charge in [-0.1, -0.05) is 20.8 Å². The summed E-state index contributed by atoms with van der Waals surface area (Å²) in [5, 5.41) is 3.24. The van der Waals surface area contributed by atoms with E-state index in [9.17, 15) is 4.39 Å². The van der Waals surface area contributed by atoms with Gasteiger partial charge in [0.1, 0.15) is 0 Å². The lowest BCUT2D eigenvalue weighted by molar-refractivity contribution is 0.203. The first-order valence-electron chi connectivity index (χ1n) is 7.63. The van der Waals surface area contributed by atoms with Crippen molar-refractivity contribution >= 4 is 5.82 Å². The molecule has 120 valence electrons. The molecule has 0 saturated heterocycles. The first-order chi connectivity index (χ1) is 10.0. The minimum absolute atomic E-state index is 0.218. The molecule has 0 aliphatic carbocycles. The first-order valence-corrected chi connectivity index (χ1v) is 7.63. The maximum absolute atomic E-state index is 14.7. The molecule has 0 radical (unpaired) electrons. The van der Waals surface area contributed by atoms with Crippen molar-refractivity contribution in [3.05, 3.63) is 23.6 Å². The molecule has 1 unspecified atom stereocenters. The number of nitrogens with zero attached hydrogens (tertiary/aromatic N) is 2. The molecule has 4 nitrogen and oxygen atoms in total. The van der Waals surface area contributed by atoms with Crippen LogP contribution in [0.1, 0.15) is 39.7 Å². The Labute approximate surface area is 127 Å². The molecule has 0 amide bonds. The fraction of sp³-hybridized carbons (Fsp3) is 0.688. The lowest BCUT2D eigenvalue weighted by Crippen LogP contribution is -2.37. The molecule has 0 fully saturated rings. The van der Waals surface area contributed by atoms with E-state index in [4.69, 9.17) is 4.74 Å². The monoisotopic (exact) mass is 297 g/mol. The number of hydrogen-bond donors (Lipinski definition) is 1. The summed E-state index contributed by atoms with van der Waals surface area (Å²) >= 11 is 0. The van der Waals surface area contributed by atoms with E-state index >= 15 is 0 Å². The highest BCUT2D eigenvalue weighted by Crippen LogP contribution is 2.22. The molecule has 1 aromatic rings. The van der Waals surface area contributed by atoms with Crippen molar-refractivity contribution in [2.24, 2.45) is 0 Å². The van der Waals surface area contributed by atoms with Gasteiger partial charge in [0.2, 0.25) is 0 Å². The predicted octanol–water partition coefficient (Wildman–Crippen LogP) is 2.97. The molecular weight excluding hydrogens is 269 g/mol. The van der Waals surface area contributed by atoms with E-state index < -0.39 is 0 Å². The van der Waals surface area contributed by atoms with Gasteiger partial charge in [-0.05, 0) is 19.4 Å². The Kier molecular flexibility index (Phi) is 7.61. The summed E-state index contributed by atoms with van der Waals surface area (Å²) in [5.74, 6) is 0.187. The van der Waals surface area contributed by atoms with E-state index in [-0.39, 0.29) is 11.9 Å². The highest BCUT2D eigenvalue weighted by Gasteiger charge is 2.20. The van der Waals surface area contributed by atoms with Crippen molar-refractivity contribution in [2.45, 2.75) is 52.7 Å². The number of halogens is 1. The standard InChI is InChI=1S/C16H28FN3O/c1-6-13(4)20(9-10-21-5)16-15(17)14(7-8-18-16)11-19-12(2)3/h7-8,12-13,19H,6,9-11H2,1-5H3. The number of ether oxygens (including phenoxy) is 1. The Morgan fingerprint density at radius 3 is 2.67 bits per heavy atom. The number of pyridine rings is 1. The van der Waals surface area contributed by atoms with Crippen molar-refractivity contribution in [3.8, 4) is 0 Å². The predicted molar refractivity (Wildman–Crippen MR) is 85.1 cm³/mol. The van der Waals surface area contributed by atoms with Crippen LogP contribution in [0, 0.1) is 5.82 Å². The first kappa shape index (κ1) is 17.9. The van der Waals surface area contributed by atoms with Crippen LogP contribution >= 0.6 is 0 Å². The van der Waals surface area contributed by atoms with Crippen LogP contribution in [-0.2, 0) is 11.3 Å². The Morgan fingerprint density at radius 1 is 1.38 bits per heavy atom. The average molecular weight is 297 g/mol. The minimum Gasteiger partial charge on any atom is -0.383 e. The lowest BCUT2D eigenvalue weighted by Gasteiger charge is -2.30. The highest BCUT2D eigenvalue weighted by atomic mass is 19.1. The summed E-state index contributed by atoms with van der Waals surface area (Å²) in [7, 11) is 1.65. The van der Waals surface area contributed by atoms with Crippen molar-refractivity contribution < 1.29 is 9.13 Å². The van der Waals surface area contributed by atoms with Crippen LogP contribution in [0.25, 0.3) is 0 Å². The van der Waals surface area contributed by atoms with E-state index in [1.165, 1.54) is 0 Å². The number of anilines is 1. The van der Waals surface area contributed by atoms with E-state index in [0.717, 1.165) is 6.42 Å². The highest BCUT2D eigenvalue weighted by molar-refractivity contribution is 5.44. The molecule has 5 heteroatoms. The van der Waals surface area contributed by atoms with Gasteiger partial charge in [-0.15, -0.1) is 0 Å². The molecule has 0 saturated carbocycles. The molecule has 1 rings (SSSR count). The number of nitrogens with one attached hydrogen (secondary N) is 1. The zero-order valence-electron chi connectivity index (χ0n) is 13.8. The van der Waals surface area contributed by atoms with Gasteiger partial charge >= 0.3 is 0 Å². The van der Waals surface area contributed by atoms with Gasteiger partial charge in [0.05, 0.1) is 6.61 Å². The number of methoxy groups -OCH3 is 1. The van der Waals surface area contributed by atoms with E-state index in [2.05, 4.69) is 24.1 Å². The Balaban J connectivity index is 2.99. The number of hydrogen-bond acceptors (Lipinski definition) is 4. The summed E-state index contributed by atoms with van der Waals surface area (Å²) < 4.78 is 19.8. The third-order valence-corrected chi connectivity index (χ3v) is 3.58. The largest absolute Gasteiger partial charge is 0.383 e. The summed E-state index contributed by atoms with van der Waals surface area (Å²) in [6.07, 6.45) is 2.61. The number of rotatable bonds is 9. The normalized spacial score (nSPS) is 12.7. The molecule has 0 aliphatic rings. The van der Waals surface area contributed by atoms with Gasteiger partial charge in [-0.3, -0.25) is 0 Å². The van der Waals surface area contributed by atoms with Gasteiger partial charge in [0.25, 0.3) is 0 Å². The molecule has 0 spiro atoms. The van der Waals surface area contributed by atoms with Crippen molar-refractivity contribution in [2.75, 3.05) is 25.2 Å². The van der Waals surface area contributed by atoms with Crippen LogP contribution in [0.4, 0.5) is 10.2 Å². The maximum Gasteiger partial charge on any atom is 0.170 e. The maximum atomic E-state index is 14.7. The molecule has 1 heterocycles. The summed E-state index contributed by atoms with van der Waals surface area (Å²) in [6.45, 7) is 9.96. The molecule has 0 aliphatic heterocycles. The molecule has 1 N–H and O–H groups in total. The zero-order chi connectivity index (χ0) is 15.8. The molecule has 21 heavy (non-hydrogen) atoms. The van der Waals surface area contributed by atoms with Gasteiger partial charge in [-0.2, -0.15) is 0 Å². The van der Waals surface area contributed by atoms with Crippen molar-refractivity contribution in [1.82, 2.24) is 10.3 Å². The van der Waals surface area contributed by atoms with Crippen molar-refractivity contribution in [1.29, 1.82) is 0 Å². The zero-order valence-corrected chi connectivity index (χ0v) is 13.8. The van der Waals surface area contributed by atoms with E-state index in [1.807, 2.05) is 18.7 Å². The third-order valence-electron chi connectivity index (χ3n) is 3.58. The average Bonchev–Trinajstić information content (AvgIpc) is 2.47. The SMILES string of the molecule is CCC(C)N(CCOC)c1nccc(CNC(C)C)c1F. The van der Waals surface area contributed by atoms with Crippen LogP contribution < -0.4 is 10.2 Å². The fourth-order valence-corrected chi connectivity index (χ4v) is 2.07. The minimum atomic E-state index is -0.234. The number of aromatic nitrogens is 1. The van der Waals surface area contributed by atoms with Crippen LogP contribution in [-0.4, -0.2) is 37.3 Å². The summed E-state index contributed by atoms with van der Waals surface area (Å²) in [4.78, 5) is 6.24. The molecule has 1 atom stereocenters. The van der Waals surface area contributed by atoms with Crippen LogP contribution in [0.5, 0.6) is 0 Å². The van der Waals surface area contributed by atoms with Crippen LogP contribution in [0.2, 0.25) is 0 Å². The molecular formula is C16H28FN3O. The van der Waals surface area contributed by atoms with Gasteiger partial charge < -0.3 is 15.0 Å². The quantitative estimate of drug-likeness (QED) is 0.760. The van der Waals surface area contributed by atoms with Crippen molar-refractivity contribution in [3.63, 3.8) is 0 Å². The van der Waals surface area contributed by atoms with Gasteiger partial charge in [-0.25, -0.2) is 9.37 Å². The second-order valence-electron chi connectivity index (χ2n) is 5.59. The summed E-state index contributed by atoms with van der Waals surface area (Å²) in [5.41, 5.74) is 0.652. The summed E-state index contributed by atoms with van der Waals surface area (Å²) in [6, 6.07) is 2.27. The Morgan fingerprint density at radius 2 is 2.10 bits per heavy atom. The van der Waals surface area contributed by atoms with E-state index in [0.29, 0.717) is 37.1 Å².